The van der Waals surface area contributed by atoms with Crippen molar-refractivity contribution in [2.75, 3.05) is 13.2 Å². The van der Waals surface area contributed by atoms with Crippen LogP contribution in [0.1, 0.15) is 213 Å². The van der Waals surface area contributed by atoms with Gasteiger partial charge in [-0.1, -0.05) is 198 Å². The smallest absolute Gasteiger partial charge is 0.305 e. The maximum atomic E-state index is 12.0. The highest BCUT2D eigenvalue weighted by molar-refractivity contribution is 5.89. The number of esters is 2. The van der Waals surface area contributed by atoms with Crippen LogP contribution in [0.3, 0.4) is 0 Å². The van der Waals surface area contributed by atoms with Crippen molar-refractivity contribution in [3.63, 3.8) is 0 Å². The molecule has 0 fully saturated rings. The zero-order chi connectivity index (χ0) is 39.6. The average molecular weight is 757 g/mol. The summed E-state index contributed by atoms with van der Waals surface area (Å²) in [6, 6.07) is 0. The van der Waals surface area contributed by atoms with Crippen LogP contribution in [-0.4, -0.2) is 42.1 Å². The Kier molecular flexibility index (Phi) is 39.8. The molecule has 6 nitrogen and oxygen atoms in total. The van der Waals surface area contributed by atoms with E-state index >= 15 is 0 Å². The van der Waals surface area contributed by atoms with Crippen molar-refractivity contribution in [2.45, 2.75) is 219 Å². The first-order chi connectivity index (χ1) is 26.4. The van der Waals surface area contributed by atoms with Gasteiger partial charge in [0, 0.05) is 19.3 Å². The Morgan fingerprint density at radius 3 is 1.48 bits per heavy atom. The lowest BCUT2D eigenvalue weighted by Crippen LogP contribution is -2.25. The van der Waals surface area contributed by atoms with E-state index in [9.17, 15) is 19.5 Å². The molecule has 6 heteroatoms. The fourth-order valence-electron chi connectivity index (χ4n) is 6.25. The van der Waals surface area contributed by atoms with E-state index in [1.165, 1.54) is 109 Å². The van der Waals surface area contributed by atoms with Crippen molar-refractivity contribution in [3.05, 3.63) is 48.6 Å². The largest absolute Gasteiger partial charge is 0.463 e. The summed E-state index contributed by atoms with van der Waals surface area (Å²) in [7, 11) is 0. The molecule has 0 spiro atoms. The van der Waals surface area contributed by atoms with Crippen molar-refractivity contribution >= 4 is 17.7 Å². The SMILES string of the molecule is CCCCCC(=O)/C=C/C=C\C/C=C\C/C=C\CCCC(=O)OC[C@H](O)COC(=O)CCCCCCCCCCCCCCCCCCCCC(C)CC. The van der Waals surface area contributed by atoms with Crippen LogP contribution in [0.15, 0.2) is 48.6 Å². The van der Waals surface area contributed by atoms with Crippen molar-refractivity contribution in [3.8, 4) is 0 Å². The molecule has 1 N–H and O–H groups in total. The lowest BCUT2D eigenvalue weighted by atomic mass is 9.99. The standard InChI is InChI=1S/C48H84O6/c1-4-6-32-38-45(49)39-34-29-25-21-17-15-19-23-27-31-36-41-48(52)54-43-46(50)42-53-47(51)40-35-30-26-22-18-14-12-10-8-7-9-11-13-16-20-24-28-33-37-44(3)5-2/h15,17,23,25,27,29,34,39,44,46,50H,4-14,16,18-22,24,26,28,30-33,35-38,40-43H2,1-3H3/b17-15-,27-23-,29-25-,39-34+/t44?,46-/m1/s1. The molecule has 0 aliphatic carbocycles. The van der Waals surface area contributed by atoms with Crippen LogP contribution in [0.2, 0.25) is 0 Å². The molecule has 1 unspecified atom stereocenters. The summed E-state index contributed by atoms with van der Waals surface area (Å²) < 4.78 is 10.3. The molecular weight excluding hydrogens is 673 g/mol. The van der Waals surface area contributed by atoms with Crippen LogP contribution in [-0.2, 0) is 23.9 Å². The van der Waals surface area contributed by atoms with E-state index in [0.29, 0.717) is 19.3 Å². The zero-order valence-corrected chi connectivity index (χ0v) is 35.4. The first-order valence-corrected chi connectivity index (χ1v) is 22.5. The predicted octanol–water partition coefficient (Wildman–Crippen LogP) is 13.6. The van der Waals surface area contributed by atoms with Crippen molar-refractivity contribution in [1.82, 2.24) is 0 Å². The van der Waals surface area contributed by atoms with Gasteiger partial charge in [-0.25, -0.2) is 0 Å². The van der Waals surface area contributed by atoms with Crippen LogP contribution < -0.4 is 0 Å². The summed E-state index contributed by atoms with van der Waals surface area (Å²) in [4.78, 5) is 35.7. The molecule has 0 aliphatic heterocycles. The summed E-state index contributed by atoms with van der Waals surface area (Å²) in [6.07, 6.45) is 48.7. The molecule has 0 aromatic heterocycles. The predicted molar refractivity (Wildman–Crippen MR) is 229 cm³/mol. The number of ketones is 1. The number of hydrogen-bond acceptors (Lipinski definition) is 6. The fraction of sp³-hybridized carbons (Fsp3) is 0.771. The molecule has 0 heterocycles. The molecule has 0 bridgehead atoms. The average Bonchev–Trinajstić information content (AvgIpc) is 3.17. The Bertz CT molecular complexity index is 980. The lowest BCUT2D eigenvalue weighted by molar-refractivity contribution is -0.152. The second-order valence-electron chi connectivity index (χ2n) is 15.5. The minimum absolute atomic E-state index is 0.146. The van der Waals surface area contributed by atoms with Gasteiger partial charge < -0.3 is 14.6 Å². The zero-order valence-electron chi connectivity index (χ0n) is 35.4. The molecule has 312 valence electrons. The molecule has 54 heavy (non-hydrogen) atoms. The van der Waals surface area contributed by atoms with Crippen molar-refractivity contribution in [1.29, 1.82) is 0 Å². The second kappa shape index (κ2) is 41.7. The monoisotopic (exact) mass is 757 g/mol. The quantitative estimate of drug-likeness (QED) is 0.0220. The van der Waals surface area contributed by atoms with Crippen molar-refractivity contribution in [2.24, 2.45) is 5.92 Å². The van der Waals surface area contributed by atoms with Crippen molar-refractivity contribution < 1.29 is 29.0 Å². The van der Waals surface area contributed by atoms with Gasteiger partial charge in [0.1, 0.15) is 19.3 Å². The van der Waals surface area contributed by atoms with E-state index in [0.717, 1.165) is 63.7 Å². The number of hydrogen-bond donors (Lipinski definition) is 1. The summed E-state index contributed by atoms with van der Waals surface area (Å²) >= 11 is 0. The Balaban J connectivity index is 3.51. The molecule has 0 radical (unpaired) electrons. The molecular formula is C48H84O6. The van der Waals surface area contributed by atoms with Crippen LogP contribution in [0.25, 0.3) is 0 Å². The second-order valence-corrected chi connectivity index (χ2v) is 15.5. The van der Waals surface area contributed by atoms with Crippen LogP contribution in [0.5, 0.6) is 0 Å². The fourth-order valence-corrected chi connectivity index (χ4v) is 6.25. The number of carbonyl (C=O) groups excluding carboxylic acids is 3. The molecule has 0 amide bonds. The van der Waals surface area contributed by atoms with Crippen LogP contribution >= 0.6 is 0 Å². The summed E-state index contributed by atoms with van der Waals surface area (Å²) in [5.41, 5.74) is 0. The first-order valence-electron chi connectivity index (χ1n) is 22.5. The lowest BCUT2D eigenvalue weighted by Gasteiger charge is -2.12. The number of ether oxygens (including phenoxy) is 2. The molecule has 2 atom stereocenters. The van der Waals surface area contributed by atoms with Gasteiger partial charge >= 0.3 is 11.9 Å². The van der Waals surface area contributed by atoms with Crippen LogP contribution in [0.4, 0.5) is 0 Å². The van der Waals surface area contributed by atoms with Gasteiger partial charge in [0.05, 0.1) is 0 Å². The first kappa shape index (κ1) is 51.5. The third-order valence-electron chi connectivity index (χ3n) is 10.1. The summed E-state index contributed by atoms with van der Waals surface area (Å²) in [5, 5.41) is 10.0. The van der Waals surface area contributed by atoms with E-state index in [1.54, 1.807) is 6.08 Å². The third-order valence-corrected chi connectivity index (χ3v) is 10.1. The Morgan fingerprint density at radius 1 is 0.519 bits per heavy atom. The van der Waals surface area contributed by atoms with E-state index in [1.807, 2.05) is 18.2 Å². The van der Waals surface area contributed by atoms with E-state index < -0.39 is 6.10 Å². The molecule has 0 rings (SSSR count). The van der Waals surface area contributed by atoms with Gasteiger partial charge in [-0.3, -0.25) is 14.4 Å². The van der Waals surface area contributed by atoms with Crippen LogP contribution in [0, 0.1) is 5.92 Å². The molecule has 0 saturated carbocycles. The topological polar surface area (TPSA) is 89.9 Å². The number of allylic oxidation sites excluding steroid dienone is 8. The maximum Gasteiger partial charge on any atom is 0.305 e. The number of rotatable bonds is 40. The summed E-state index contributed by atoms with van der Waals surface area (Å²) in [5.74, 6) is 0.441. The highest BCUT2D eigenvalue weighted by Gasteiger charge is 2.12. The van der Waals surface area contributed by atoms with Gasteiger partial charge in [-0.2, -0.15) is 0 Å². The maximum absolute atomic E-state index is 12.0. The van der Waals surface area contributed by atoms with Gasteiger partial charge in [0.2, 0.25) is 0 Å². The van der Waals surface area contributed by atoms with Gasteiger partial charge in [-0.05, 0) is 50.5 Å². The Morgan fingerprint density at radius 2 is 0.963 bits per heavy atom. The molecule has 0 saturated heterocycles. The summed E-state index contributed by atoms with van der Waals surface area (Å²) in [6.45, 7) is 6.50. The minimum atomic E-state index is -1.00. The molecule has 0 aromatic rings. The van der Waals surface area contributed by atoms with E-state index in [-0.39, 0.29) is 37.4 Å². The van der Waals surface area contributed by atoms with Gasteiger partial charge in [0.25, 0.3) is 0 Å². The highest BCUT2D eigenvalue weighted by atomic mass is 16.6. The van der Waals surface area contributed by atoms with E-state index in [2.05, 4.69) is 45.1 Å². The Labute approximate surface area is 333 Å². The van der Waals surface area contributed by atoms with Gasteiger partial charge in [-0.15, -0.1) is 0 Å². The molecule has 0 aliphatic rings. The highest BCUT2D eigenvalue weighted by Crippen LogP contribution is 2.17. The minimum Gasteiger partial charge on any atom is -0.463 e. The number of aliphatic hydroxyl groups is 1. The number of aliphatic hydroxyl groups excluding tert-OH is 1. The third kappa shape index (κ3) is 40.7. The normalized spacial score (nSPS) is 13.1. The van der Waals surface area contributed by atoms with Gasteiger partial charge in [0.15, 0.2) is 5.78 Å². The number of unbranched alkanes of at least 4 members (excludes halogenated alkanes) is 20. The Hall–Kier alpha value is -2.47. The van der Waals surface area contributed by atoms with E-state index in [4.69, 9.17) is 9.47 Å². The number of carbonyl (C=O) groups is 3. The molecule has 0 aromatic carbocycles.